The van der Waals surface area contributed by atoms with Gasteiger partial charge in [0.15, 0.2) is 0 Å². The quantitative estimate of drug-likeness (QED) is 0.763. The monoisotopic (exact) mass is 425 g/mol. The van der Waals surface area contributed by atoms with Gasteiger partial charge in [-0.15, -0.1) is 0 Å². The van der Waals surface area contributed by atoms with Crippen molar-refractivity contribution in [3.8, 4) is 5.75 Å². The number of rotatable bonds is 5. The van der Waals surface area contributed by atoms with Crippen molar-refractivity contribution in [3.05, 3.63) is 54.0 Å². The molecular formula is C24H31N3O4. The highest BCUT2D eigenvalue weighted by molar-refractivity contribution is 5.77. The van der Waals surface area contributed by atoms with Crippen LogP contribution in [0.15, 0.2) is 47.1 Å². The maximum atomic E-state index is 12.7. The van der Waals surface area contributed by atoms with Crippen LogP contribution in [0.1, 0.15) is 56.8 Å². The fourth-order valence-corrected chi connectivity index (χ4v) is 4.58. The zero-order valence-electron chi connectivity index (χ0n) is 18.2. The van der Waals surface area contributed by atoms with Crippen molar-refractivity contribution in [2.45, 2.75) is 63.6 Å². The zero-order chi connectivity index (χ0) is 21.8. The van der Waals surface area contributed by atoms with Gasteiger partial charge in [-0.25, -0.2) is 4.79 Å². The summed E-state index contributed by atoms with van der Waals surface area (Å²) in [7, 11) is 0. The van der Waals surface area contributed by atoms with E-state index in [1.807, 2.05) is 49.1 Å². The van der Waals surface area contributed by atoms with E-state index in [-0.39, 0.29) is 29.5 Å². The number of nitrogens with zero attached hydrogens (tertiary/aromatic N) is 1. The first kappa shape index (κ1) is 21.3. The molecule has 7 nitrogen and oxygen atoms in total. The third kappa shape index (κ3) is 5.03. The Morgan fingerprint density at radius 1 is 1.16 bits per heavy atom. The van der Waals surface area contributed by atoms with Gasteiger partial charge in [0, 0.05) is 44.3 Å². The molecule has 1 atom stereocenters. The molecule has 1 spiro atoms. The van der Waals surface area contributed by atoms with Crippen molar-refractivity contribution in [2.24, 2.45) is 0 Å². The van der Waals surface area contributed by atoms with Gasteiger partial charge in [0.1, 0.15) is 17.1 Å². The lowest BCUT2D eigenvalue weighted by Gasteiger charge is -2.47. The van der Waals surface area contributed by atoms with Crippen molar-refractivity contribution < 1.29 is 18.7 Å². The van der Waals surface area contributed by atoms with Crippen LogP contribution in [-0.2, 0) is 11.3 Å². The standard InChI is InChI=1S/C24H31N3O4/c1-17(2)26-23(29)27-11-9-24(10-12-27)15-18(20-7-3-4-8-21(20)31-24)14-22(28)25-16-19-6-5-13-30-19/h3-8,13,17-18H,9-12,14-16H2,1-2H3,(H,25,28)(H,26,29)/t18-/m1/s1. The van der Waals surface area contributed by atoms with Crippen molar-refractivity contribution in [1.82, 2.24) is 15.5 Å². The molecule has 0 aliphatic carbocycles. The molecule has 166 valence electrons. The number of para-hydroxylation sites is 1. The summed E-state index contributed by atoms with van der Waals surface area (Å²) >= 11 is 0. The Morgan fingerprint density at radius 3 is 2.65 bits per heavy atom. The highest BCUT2D eigenvalue weighted by Gasteiger charge is 2.44. The Morgan fingerprint density at radius 2 is 1.94 bits per heavy atom. The molecule has 1 fully saturated rings. The van der Waals surface area contributed by atoms with Crippen LogP contribution in [0, 0.1) is 0 Å². The van der Waals surface area contributed by atoms with Crippen molar-refractivity contribution in [1.29, 1.82) is 0 Å². The van der Waals surface area contributed by atoms with Crippen molar-refractivity contribution >= 4 is 11.9 Å². The minimum atomic E-state index is -0.338. The predicted molar refractivity (Wildman–Crippen MR) is 117 cm³/mol. The fraction of sp³-hybridized carbons (Fsp3) is 0.500. The lowest BCUT2D eigenvalue weighted by molar-refractivity contribution is -0.122. The number of hydrogen-bond donors (Lipinski definition) is 2. The topological polar surface area (TPSA) is 83.8 Å². The van der Waals surface area contributed by atoms with Gasteiger partial charge in [0.2, 0.25) is 5.91 Å². The van der Waals surface area contributed by atoms with E-state index >= 15 is 0 Å². The molecule has 0 bridgehead atoms. The number of carbonyl (C=O) groups is 2. The molecule has 2 aliphatic heterocycles. The largest absolute Gasteiger partial charge is 0.487 e. The van der Waals surface area contributed by atoms with E-state index < -0.39 is 0 Å². The van der Waals surface area contributed by atoms with E-state index in [2.05, 4.69) is 16.7 Å². The average molecular weight is 426 g/mol. The second kappa shape index (κ2) is 9.04. The van der Waals surface area contributed by atoms with Gasteiger partial charge < -0.3 is 24.7 Å². The van der Waals surface area contributed by atoms with Gasteiger partial charge in [0.05, 0.1) is 12.8 Å². The molecule has 7 heteroatoms. The molecule has 31 heavy (non-hydrogen) atoms. The third-order valence-corrected chi connectivity index (χ3v) is 6.15. The van der Waals surface area contributed by atoms with Crippen LogP contribution in [0.4, 0.5) is 4.79 Å². The second-order valence-corrected chi connectivity index (χ2v) is 8.88. The molecule has 2 N–H and O–H groups in total. The normalized spacial score (nSPS) is 19.6. The number of urea groups is 1. The first-order valence-corrected chi connectivity index (χ1v) is 11.1. The number of amides is 3. The highest BCUT2D eigenvalue weighted by Crippen LogP contribution is 2.46. The van der Waals surface area contributed by atoms with E-state index in [1.54, 1.807) is 6.26 Å². The number of benzene rings is 1. The number of ether oxygens (including phenoxy) is 1. The summed E-state index contributed by atoms with van der Waals surface area (Å²) in [5.41, 5.74) is 0.746. The lowest BCUT2D eigenvalue weighted by atomic mass is 9.76. The molecule has 0 radical (unpaired) electrons. The van der Waals surface area contributed by atoms with Gasteiger partial charge in [0.25, 0.3) is 0 Å². The summed E-state index contributed by atoms with van der Waals surface area (Å²) in [6.45, 7) is 5.62. The lowest BCUT2D eigenvalue weighted by Crippen LogP contribution is -2.54. The van der Waals surface area contributed by atoms with E-state index in [9.17, 15) is 9.59 Å². The van der Waals surface area contributed by atoms with Crippen LogP contribution in [0.2, 0.25) is 0 Å². The average Bonchev–Trinajstić information content (AvgIpc) is 3.26. The molecule has 3 amide bonds. The maximum Gasteiger partial charge on any atom is 0.317 e. The fourth-order valence-electron chi connectivity index (χ4n) is 4.58. The first-order chi connectivity index (χ1) is 14.9. The molecule has 1 aromatic carbocycles. The molecule has 1 aromatic heterocycles. The van der Waals surface area contributed by atoms with Gasteiger partial charge in [-0.3, -0.25) is 4.79 Å². The number of hydrogen-bond acceptors (Lipinski definition) is 4. The number of piperidine rings is 1. The van der Waals surface area contributed by atoms with Crippen LogP contribution >= 0.6 is 0 Å². The summed E-state index contributed by atoms with van der Waals surface area (Å²) < 4.78 is 11.8. The number of furan rings is 1. The van der Waals surface area contributed by atoms with Crippen molar-refractivity contribution in [3.63, 3.8) is 0 Å². The third-order valence-electron chi connectivity index (χ3n) is 6.15. The summed E-state index contributed by atoms with van der Waals surface area (Å²) in [5, 5.41) is 5.93. The van der Waals surface area contributed by atoms with Crippen LogP contribution in [0.5, 0.6) is 5.75 Å². The molecule has 3 heterocycles. The number of nitrogens with one attached hydrogen (secondary N) is 2. The predicted octanol–water partition coefficient (Wildman–Crippen LogP) is 3.80. The zero-order valence-corrected chi connectivity index (χ0v) is 18.2. The SMILES string of the molecule is CC(C)NC(=O)N1CCC2(CC1)C[C@@H](CC(=O)NCc1ccco1)c1ccccc1O2. The molecule has 1 saturated heterocycles. The Balaban J connectivity index is 1.42. The summed E-state index contributed by atoms with van der Waals surface area (Å²) in [4.78, 5) is 26.9. The highest BCUT2D eigenvalue weighted by atomic mass is 16.5. The van der Waals surface area contributed by atoms with Gasteiger partial charge in [-0.1, -0.05) is 18.2 Å². The Labute approximate surface area is 183 Å². The number of carbonyl (C=O) groups excluding carboxylic acids is 2. The molecule has 2 aromatic rings. The number of likely N-dealkylation sites (tertiary alicyclic amines) is 1. The van der Waals surface area contributed by atoms with Gasteiger partial charge in [-0.05, 0) is 44.0 Å². The number of fused-ring (bicyclic) bond motifs is 1. The first-order valence-electron chi connectivity index (χ1n) is 11.1. The minimum absolute atomic E-state index is 0.00185. The van der Waals surface area contributed by atoms with E-state index in [4.69, 9.17) is 9.15 Å². The van der Waals surface area contributed by atoms with E-state index in [1.165, 1.54) is 0 Å². The second-order valence-electron chi connectivity index (χ2n) is 8.88. The van der Waals surface area contributed by atoms with Crippen molar-refractivity contribution in [2.75, 3.05) is 13.1 Å². The Bertz CT molecular complexity index is 901. The van der Waals surface area contributed by atoms with Gasteiger partial charge >= 0.3 is 6.03 Å². The molecule has 2 aliphatic rings. The van der Waals surface area contributed by atoms with E-state index in [0.29, 0.717) is 26.1 Å². The maximum absolute atomic E-state index is 12.7. The van der Waals surface area contributed by atoms with Crippen LogP contribution in [0.3, 0.4) is 0 Å². The van der Waals surface area contributed by atoms with E-state index in [0.717, 1.165) is 36.3 Å². The summed E-state index contributed by atoms with van der Waals surface area (Å²) in [5.74, 6) is 1.68. The molecule has 4 rings (SSSR count). The molecular weight excluding hydrogens is 394 g/mol. The van der Waals surface area contributed by atoms with Crippen LogP contribution in [-0.4, -0.2) is 41.6 Å². The smallest absolute Gasteiger partial charge is 0.317 e. The van der Waals surface area contributed by atoms with Crippen LogP contribution in [0.25, 0.3) is 0 Å². The van der Waals surface area contributed by atoms with Crippen LogP contribution < -0.4 is 15.4 Å². The Kier molecular flexibility index (Phi) is 6.20. The minimum Gasteiger partial charge on any atom is -0.487 e. The molecule has 0 saturated carbocycles. The molecule has 0 unspecified atom stereocenters. The summed E-state index contributed by atoms with van der Waals surface area (Å²) in [6.07, 6.45) is 4.31. The summed E-state index contributed by atoms with van der Waals surface area (Å²) in [6, 6.07) is 11.8. The van der Waals surface area contributed by atoms with Gasteiger partial charge in [-0.2, -0.15) is 0 Å². The Hall–Kier alpha value is -2.96.